The zero-order valence-corrected chi connectivity index (χ0v) is 11.8. The van der Waals surface area contributed by atoms with Crippen LogP contribution in [-0.4, -0.2) is 23.3 Å². The lowest BCUT2D eigenvalue weighted by Gasteiger charge is -2.33. The molecule has 0 aromatic carbocycles. The van der Waals surface area contributed by atoms with E-state index in [1.54, 1.807) is 0 Å². The van der Waals surface area contributed by atoms with Gasteiger partial charge in [0.05, 0.1) is 5.60 Å². The lowest BCUT2D eigenvalue weighted by molar-refractivity contribution is 0.00282. The summed E-state index contributed by atoms with van der Waals surface area (Å²) in [5, 5.41) is 13.9. The quantitative estimate of drug-likeness (QED) is 0.636. The second kappa shape index (κ2) is 8.10. The SMILES string of the molecule is CCCCCCC(C)NCC1(O)CCCCC1. The minimum absolute atomic E-state index is 0.407. The molecule has 0 saturated heterocycles. The number of hydrogen-bond acceptors (Lipinski definition) is 2. The zero-order valence-electron chi connectivity index (χ0n) is 11.8. The highest BCUT2D eigenvalue weighted by molar-refractivity contribution is 4.85. The molecule has 2 heteroatoms. The van der Waals surface area contributed by atoms with E-state index in [0.717, 1.165) is 19.4 Å². The van der Waals surface area contributed by atoms with Gasteiger partial charge < -0.3 is 10.4 Å². The molecule has 0 radical (unpaired) electrons. The van der Waals surface area contributed by atoms with Crippen molar-refractivity contribution in [1.82, 2.24) is 5.32 Å². The van der Waals surface area contributed by atoms with E-state index >= 15 is 0 Å². The van der Waals surface area contributed by atoms with Crippen molar-refractivity contribution >= 4 is 0 Å². The van der Waals surface area contributed by atoms with Crippen LogP contribution >= 0.6 is 0 Å². The number of unbranched alkanes of at least 4 members (excludes halogenated alkanes) is 3. The molecule has 0 spiro atoms. The third kappa shape index (κ3) is 6.42. The molecule has 0 bridgehead atoms. The van der Waals surface area contributed by atoms with Gasteiger partial charge in [0.1, 0.15) is 0 Å². The van der Waals surface area contributed by atoms with Gasteiger partial charge >= 0.3 is 0 Å². The minimum Gasteiger partial charge on any atom is -0.389 e. The summed E-state index contributed by atoms with van der Waals surface area (Å²) in [4.78, 5) is 0. The van der Waals surface area contributed by atoms with E-state index in [0.29, 0.717) is 6.04 Å². The van der Waals surface area contributed by atoms with Crippen molar-refractivity contribution < 1.29 is 5.11 Å². The van der Waals surface area contributed by atoms with Crippen molar-refractivity contribution in [3.8, 4) is 0 Å². The Morgan fingerprint density at radius 1 is 1.12 bits per heavy atom. The Morgan fingerprint density at radius 2 is 1.82 bits per heavy atom. The molecule has 0 aromatic rings. The first-order chi connectivity index (χ1) is 8.16. The highest BCUT2D eigenvalue weighted by Crippen LogP contribution is 2.27. The van der Waals surface area contributed by atoms with Gasteiger partial charge in [0, 0.05) is 12.6 Å². The molecule has 2 nitrogen and oxygen atoms in total. The van der Waals surface area contributed by atoms with Crippen LogP contribution in [0.1, 0.15) is 78.1 Å². The fourth-order valence-electron chi connectivity index (χ4n) is 2.73. The van der Waals surface area contributed by atoms with Crippen molar-refractivity contribution in [3.63, 3.8) is 0 Å². The zero-order chi connectivity index (χ0) is 12.6. The molecule has 0 aliphatic heterocycles. The topological polar surface area (TPSA) is 32.3 Å². The Labute approximate surface area is 107 Å². The summed E-state index contributed by atoms with van der Waals surface area (Å²) in [6, 6.07) is 0.554. The van der Waals surface area contributed by atoms with Crippen molar-refractivity contribution in [1.29, 1.82) is 0 Å². The molecule has 17 heavy (non-hydrogen) atoms. The van der Waals surface area contributed by atoms with Gasteiger partial charge in [-0.1, -0.05) is 51.9 Å². The summed E-state index contributed by atoms with van der Waals surface area (Å²) in [5.74, 6) is 0. The van der Waals surface area contributed by atoms with Crippen molar-refractivity contribution in [3.05, 3.63) is 0 Å². The summed E-state index contributed by atoms with van der Waals surface area (Å²) in [7, 11) is 0. The molecule has 1 rings (SSSR count). The lowest BCUT2D eigenvalue weighted by atomic mass is 9.84. The van der Waals surface area contributed by atoms with Crippen molar-refractivity contribution in [2.75, 3.05) is 6.54 Å². The molecule has 1 saturated carbocycles. The molecule has 1 unspecified atom stereocenters. The third-order valence-corrected chi connectivity index (χ3v) is 4.05. The van der Waals surface area contributed by atoms with E-state index in [1.807, 2.05) is 0 Å². The molecule has 1 fully saturated rings. The Balaban J connectivity index is 2.07. The second-order valence-corrected chi connectivity index (χ2v) is 5.92. The van der Waals surface area contributed by atoms with Crippen LogP contribution in [0.2, 0.25) is 0 Å². The largest absolute Gasteiger partial charge is 0.389 e. The van der Waals surface area contributed by atoms with Crippen molar-refractivity contribution in [2.45, 2.75) is 89.7 Å². The van der Waals surface area contributed by atoms with Gasteiger partial charge in [-0.05, 0) is 26.2 Å². The van der Waals surface area contributed by atoms with Crippen LogP contribution in [0.4, 0.5) is 0 Å². The summed E-state index contributed by atoms with van der Waals surface area (Å²) in [5.41, 5.74) is -0.407. The Kier molecular flexibility index (Phi) is 7.14. The van der Waals surface area contributed by atoms with Crippen molar-refractivity contribution in [2.24, 2.45) is 0 Å². The highest BCUT2D eigenvalue weighted by atomic mass is 16.3. The van der Waals surface area contributed by atoms with E-state index in [-0.39, 0.29) is 0 Å². The smallest absolute Gasteiger partial charge is 0.0771 e. The number of hydrogen-bond donors (Lipinski definition) is 2. The van der Waals surface area contributed by atoms with Gasteiger partial charge in [-0.2, -0.15) is 0 Å². The Hall–Kier alpha value is -0.0800. The average molecular weight is 241 g/mol. The maximum atomic E-state index is 10.4. The van der Waals surface area contributed by atoms with Gasteiger partial charge in [-0.25, -0.2) is 0 Å². The van der Waals surface area contributed by atoms with Gasteiger partial charge in [-0.15, -0.1) is 0 Å². The maximum absolute atomic E-state index is 10.4. The summed E-state index contributed by atoms with van der Waals surface area (Å²) in [6.07, 6.45) is 12.3. The van der Waals surface area contributed by atoms with Crippen LogP contribution in [0.15, 0.2) is 0 Å². The third-order valence-electron chi connectivity index (χ3n) is 4.05. The molecule has 102 valence electrons. The maximum Gasteiger partial charge on any atom is 0.0771 e. The van der Waals surface area contributed by atoms with E-state index in [4.69, 9.17) is 0 Å². The fraction of sp³-hybridized carbons (Fsp3) is 1.00. The van der Waals surface area contributed by atoms with Gasteiger partial charge in [-0.3, -0.25) is 0 Å². The summed E-state index contributed by atoms with van der Waals surface area (Å²) < 4.78 is 0. The predicted octanol–water partition coefficient (Wildman–Crippen LogP) is 3.63. The van der Waals surface area contributed by atoms with Crippen LogP contribution in [0.5, 0.6) is 0 Å². The standard InChI is InChI=1S/C15H31NO/c1-3-4-5-7-10-14(2)16-13-15(17)11-8-6-9-12-15/h14,16-17H,3-13H2,1-2H3. The van der Waals surface area contributed by atoms with E-state index in [2.05, 4.69) is 19.2 Å². The molecule has 1 aliphatic rings. The first kappa shape index (κ1) is 15.0. The van der Waals surface area contributed by atoms with Crippen LogP contribution < -0.4 is 5.32 Å². The minimum atomic E-state index is -0.407. The molecular weight excluding hydrogens is 210 g/mol. The van der Waals surface area contributed by atoms with Crippen LogP contribution in [0.25, 0.3) is 0 Å². The molecule has 0 aromatic heterocycles. The number of rotatable bonds is 8. The summed E-state index contributed by atoms with van der Waals surface area (Å²) >= 11 is 0. The first-order valence-corrected chi connectivity index (χ1v) is 7.62. The molecule has 0 heterocycles. The highest BCUT2D eigenvalue weighted by Gasteiger charge is 2.28. The van der Waals surface area contributed by atoms with E-state index in [1.165, 1.54) is 51.4 Å². The van der Waals surface area contributed by atoms with E-state index < -0.39 is 5.60 Å². The Morgan fingerprint density at radius 3 is 2.47 bits per heavy atom. The molecule has 2 N–H and O–H groups in total. The number of nitrogens with one attached hydrogen (secondary N) is 1. The summed E-state index contributed by atoms with van der Waals surface area (Å²) in [6.45, 7) is 5.29. The molecule has 0 amide bonds. The monoisotopic (exact) mass is 241 g/mol. The molecule has 1 atom stereocenters. The normalized spacial score (nSPS) is 21.4. The molecule has 1 aliphatic carbocycles. The van der Waals surface area contributed by atoms with Crippen LogP contribution in [0, 0.1) is 0 Å². The fourth-order valence-corrected chi connectivity index (χ4v) is 2.73. The van der Waals surface area contributed by atoms with Gasteiger partial charge in [0.25, 0.3) is 0 Å². The predicted molar refractivity (Wildman–Crippen MR) is 74.3 cm³/mol. The van der Waals surface area contributed by atoms with Gasteiger partial charge in [0.2, 0.25) is 0 Å². The van der Waals surface area contributed by atoms with Gasteiger partial charge in [0.15, 0.2) is 0 Å². The number of aliphatic hydroxyl groups is 1. The second-order valence-electron chi connectivity index (χ2n) is 5.92. The average Bonchev–Trinajstić information content (AvgIpc) is 2.33. The van der Waals surface area contributed by atoms with Crippen LogP contribution in [-0.2, 0) is 0 Å². The van der Waals surface area contributed by atoms with E-state index in [9.17, 15) is 5.11 Å². The van der Waals surface area contributed by atoms with Crippen LogP contribution in [0.3, 0.4) is 0 Å². The molecular formula is C15H31NO. The first-order valence-electron chi connectivity index (χ1n) is 7.62. The Bertz CT molecular complexity index is 187. The lowest BCUT2D eigenvalue weighted by Crippen LogP contribution is -2.44.